The maximum absolute atomic E-state index is 11.5. The summed E-state index contributed by atoms with van der Waals surface area (Å²) in [5.74, 6) is 2.67. The molecule has 33 heavy (non-hydrogen) atoms. The molecule has 2 aliphatic heterocycles. The molecule has 3 N–H and O–H groups in total. The van der Waals surface area contributed by atoms with Gasteiger partial charge >= 0.3 is 0 Å². The molecule has 0 bridgehead atoms. The minimum absolute atomic E-state index is 0. The molecule has 2 aromatic heterocycles. The molecule has 0 saturated carbocycles. The normalized spacial score (nSPS) is 17.5. The molecule has 2 saturated heterocycles. The Balaban J connectivity index is 0.00000306. The Bertz CT molecular complexity index is 925. The van der Waals surface area contributed by atoms with Gasteiger partial charge in [0, 0.05) is 76.7 Å². The van der Waals surface area contributed by atoms with Gasteiger partial charge in [-0.2, -0.15) is 0 Å². The summed E-state index contributed by atoms with van der Waals surface area (Å²) in [5.41, 5.74) is 6.61. The Morgan fingerprint density at radius 2 is 1.76 bits per heavy atom. The largest absolute Gasteiger partial charge is 0.369 e. The predicted molar refractivity (Wildman–Crippen MR) is 142 cm³/mol. The zero-order valence-corrected chi connectivity index (χ0v) is 21.4. The van der Waals surface area contributed by atoms with E-state index in [1.165, 1.54) is 0 Å². The molecule has 2 aromatic rings. The SMILES string of the molecule is CN=C(NCc1cccnc1N1CCC(C(N)=O)CC1)N1CCN(c2ccccn2)CC1.I. The van der Waals surface area contributed by atoms with Crippen LogP contribution in [0.2, 0.25) is 0 Å². The van der Waals surface area contributed by atoms with Crippen molar-refractivity contribution in [3.8, 4) is 0 Å². The summed E-state index contributed by atoms with van der Waals surface area (Å²) in [4.78, 5) is 31.9. The summed E-state index contributed by atoms with van der Waals surface area (Å²) >= 11 is 0. The van der Waals surface area contributed by atoms with Crippen molar-refractivity contribution in [2.45, 2.75) is 19.4 Å². The number of hydrogen-bond donors (Lipinski definition) is 2. The molecule has 0 aromatic carbocycles. The fourth-order valence-electron chi connectivity index (χ4n) is 4.42. The molecule has 2 aliphatic rings. The molecule has 0 spiro atoms. The first-order valence-electron chi connectivity index (χ1n) is 11.3. The van der Waals surface area contributed by atoms with Gasteiger partial charge in [0.15, 0.2) is 5.96 Å². The van der Waals surface area contributed by atoms with Crippen LogP contribution in [0.5, 0.6) is 0 Å². The number of carbonyl (C=O) groups excluding carboxylic acids is 1. The molecule has 2 fully saturated rings. The minimum Gasteiger partial charge on any atom is -0.369 e. The number of nitrogens with one attached hydrogen (secondary N) is 1. The van der Waals surface area contributed by atoms with Gasteiger partial charge in [0.25, 0.3) is 0 Å². The van der Waals surface area contributed by atoms with Crippen molar-refractivity contribution >= 4 is 47.5 Å². The summed E-state index contributed by atoms with van der Waals surface area (Å²) in [6.07, 6.45) is 5.22. The van der Waals surface area contributed by atoms with E-state index < -0.39 is 0 Å². The Morgan fingerprint density at radius 3 is 2.39 bits per heavy atom. The predicted octanol–water partition coefficient (Wildman–Crippen LogP) is 1.69. The van der Waals surface area contributed by atoms with Crippen molar-refractivity contribution in [1.82, 2.24) is 20.2 Å². The summed E-state index contributed by atoms with van der Waals surface area (Å²) in [6.45, 7) is 5.82. The number of rotatable bonds is 5. The molecule has 10 heteroatoms. The van der Waals surface area contributed by atoms with Crippen molar-refractivity contribution in [2.24, 2.45) is 16.6 Å². The third-order valence-electron chi connectivity index (χ3n) is 6.27. The maximum Gasteiger partial charge on any atom is 0.220 e. The van der Waals surface area contributed by atoms with Crippen LogP contribution in [0, 0.1) is 5.92 Å². The Kier molecular flexibility index (Phi) is 9.10. The second-order valence-corrected chi connectivity index (χ2v) is 8.21. The highest BCUT2D eigenvalue weighted by atomic mass is 127. The number of aromatic nitrogens is 2. The van der Waals surface area contributed by atoms with Crippen molar-refractivity contribution in [3.05, 3.63) is 48.3 Å². The molecule has 0 atom stereocenters. The maximum atomic E-state index is 11.5. The quantitative estimate of drug-likeness (QED) is 0.324. The number of aliphatic imine (C=N–C) groups is 1. The van der Waals surface area contributed by atoms with E-state index >= 15 is 0 Å². The average molecular weight is 564 g/mol. The first kappa shape index (κ1) is 25.0. The van der Waals surface area contributed by atoms with Gasteiger partial charge in [0.05, 0.1) is 0 Å². The lowest BCUT2D eigenvalue weighted by atomic mass is 9.96. The molecule has 1 amide bonds. The third kappa shape index (κ3) is 6.24. The van der Waals surface area contributed by atoms with E-state index in [0.717, 1.165) is 75.3 Å². The molecule has 4 heterocycles. The molecule has 9 nitrogen and oxygen atoms in total. The lowest BCUT2D eigenvalue weighted by Gasteiger charge is -2.37. The van der Waals surface area contributed by atoms with E-state index in [9.17, 15) is 4.79 Å². The van der Waals surface area contributed by atoms with Crippen molar-refractivity contribution in [2.75, 3.05) is 56.1 Å². The molecule has 0 aliphatic carbocycles. The van der Waals surface area contributed by atoms with Gasteiger partial charge in [0.1, 0.15) is 11.6 Å². The number of piperazine rings is 1. The molecular weight excluding hydrogens is 531 g/mol. The number of amides is 1. The van der Waals surface area contributed by atoms with Crippen LogP contribution in [0.3, 0.4) is 0 Å². The highest BCUT2D eigenvalue weighted by Crippen LogP contribution is 2.24. The Labute approximate surface area is 212 Å². The number of primary amides is 1. The number of piperidine rings is 1. The number of pyridine rings is 2. The monoisotopic (exact) mass is 564 g/mol. The van der Waals surface area contributed by atoms with Crippen LogP contribution < -0.4 is 20.9 Å². The molecule has 4 rings (SSSR count). The standard InChI is InChI=1S/C23H32N8O.HI/c1-25-23(31-15-13-29(14-16-31)20-6-2-3-9-26-20)28-17-19-5-4-10-27-22(19)30-11-7-18(8-12-30)21(24)32;/h2-6,9-10,18H,7-8,11-17H2,1H3,(H2,24,32)(H,25,28);1H. The fourth-order valence-corrected chi connectivity index (χ4v) is 4.42. The second-order valence-electron chi connectivity index (χ2n) is 8.21. The van der Waals surface area contributed by atoms with E-state index in [2.05, 4.69) is 47.1 Å². The van der Waals surface area contributed by atoms with Gasteiger partial charge in [-0.25, -0.2) is 9.97 Å². The lowest BCUT2D eigenvalue weighted by molar-refractivity contribution is -0.122. The van der Waals surface area contributed by atoms with E-state index in [-0.39, 0.29) is 35.8 Å². The lowest BCUT2D eigenvalue weighted by Crippen LogP contribution is -2.52. The Hall–Kier alpha value is -2.63. The highest BCUT2D eigenvalue weighted by Gasteiger charge is 2.25. The smallest absolute Gasteiger partial charge is 0.220 e. The van der Waals surface area contributed by atoms with Gasteiger partial charge < -0.3 is 25.8 Å². The van der Waals surface area contributed by atoms with Crippen LogP contribution >= 0.6 is 24.0 Å². The molecular formula is C23H33IN8O. The first-order valence-corrected chi connectivity index (χ1v) is 11.3. The van der Waals surface area contributed by atoms with E-state index in [1.54, 1.807) is 0 Å². The van der Waals surface area contributed by atoms with Crippen LogP contribution in [-0.4, -0.2) is 73.1 Å². The highest BCUT2D eigenvalue weighted by molar-refractivity contribution is 14.0. The summed E-state index contributed by atoms with van der Waals surface area (Å²) in [5, 5.41) is 3.52. The topological polar surface area (TPSA) is 103 Å². The van der Waals surface area contributed by atoms with E-state index in [0.29, 0.717) is 6.54 Å². The third-order valence-corrected chi connectivity index (χ3v) is 6.27. The summed E-state index contributed by atoms with van der Waals surface area (Å²) in [6, 6.07) is 10.1. The summed E-state index contributed by atoms with van der Waals surface area (Å²) < 4.78 is 0. The number of nitrogens with zero attached hydrogens (tertiary/aromatic N) is 6. The fraction of sp³-hybridized carbons (Fsp3) is 0.478. The average Bonchev–Trinajstić information content (AvgIpc) is 2.86. The van der Waals surface area contributed by atoms with Crippen LogP contribution in [0.4, 0.5) is 11.6 Å². The zero-order valence-electron chi connectivity index (χ0n) is 19.1. The minimum atomic E-state index is -0.195. The van der Waals surface area contributed by atoms with Crippen molar-refractivity contribution in [3.63, 3.8) is 0 Å². The number of hydrogen-bond acceptors (Lipinski definition) is 6. The number of carbonyl (C=O) groups is 1. The van der Waals surface area contributed by atoms with Gasteiger partial charge in [-0.3, -0.25) is 9.79 Å². The first-order chi connectivity index (χ1) is 15.7. The molecule has 178 valence electrons. The number of guanidine groups is 1. The van der Waals surface area contributed by atoms with Crippen molar-refractivity contribution < 1.29 is 4.79 Å². The van der Waals surface area contributed by atoms with Gasteiger partial charge in [-0.05, 0) is 31.0 Å². The second kappa shape index (κ2) is 12.0. The van der Waals surface area contributed by atoms with E-state index in [1.807, 2.05) is 37.6 Å². The number of nitrogens with two attached hydrogens (primary N) is 1. The summed E-state index contributed by atoms with van der Waals surface area (Å²) in [7, 11) is 1.83. The van der Waals surface area contributed by atoms with Gasteiger partial charge in [0.2, 0.25) is 5.91 Å². The number of anilines is 2. The van der Waals surface area contributed by atoms with Crippen LogP contribution in [-0.2, 0) is 11.3 Å². The van der Waals surface area contributed by atoms with Crippen LogP contribution in [0.1, 0.15) is 18.4 Å². The van der Waals surface area contributed by atoms with Gasteiger partial charge in [-0.1, -0.05) is 12.1 Å². The number of halogens is 1. The molecule has 0 radical (unpaired) electrons. The van der Waals surface area contributed by atoms with Gasteiger partial charge in [-0.15, -0.1) is 24.0 Å². The van der Waals surface area contributed by atoms with E-state index in [4.69, 9.17) is 5.73 Å². The van der Waals surface area contributed by atoms with Crippen molar-refractivity contribution in [1.29, 1.82) is 0 Å². The molecule has 0 unspecified atom stereocenters. The van der Waals surface area contributed by atoms with Crippen LogP contribution in [0.15, 0.2) is 47.7 Å². The van der Waals surface area contributed by atoms with Crippen LogP contribution in [0.25, 0.3) is 0 Å². The zero-order chi connectivity index (χ0) is 22.3. The Morgan fingerprint density at radius 1 is 1.03 bits per heavy atom.